The zero-order chi connectivity index (χ0) is 12.4. The largest absolute Gasteiger partial charge is 0.396 e. The van der Waals surface area contributed by atoms with E-state index in [1.165, 1.54) is 0 Å². The summed E-state index contributed by atoms with van der Waals surface area (Å²) in [5, 5.41) is 11.4. The highest BCUT2D eigenvalue weighted by atomic mass is 32.2. The van der Waals surface area contributed by atoms with Crippen molar-refractivity contribution in [1.29, 1.82) is 0 Å². The predicted octanol–water partition coefficient (Wildman–Crippen LogP) is 0.592. The predicted molar refractivity (Wildman–Crippen MR) is 69.5 cm³/mol. The molecule has 0 rings (SSSR count). The molecular formula is C11H24N2O2S. The molecule has 0 spiro atoms. The summed E-state index contributed by atoms with van der Waals surface area (Å²) in [5.41, 5.74) is 5.73. The summed E-state index contributed by atoms with van der Waals surface area (Å²) in [6.07, 6.45) is 1.54. The van der Waals surface area contributed by atoms with Crippen LogP contribution in [0.2, 0.25) is 0 Å². The molecule has 1 atom stereocenters. The van der Waals surface area contributed by atoms with E-state index in [9.17, 15) is 4.79 Å². The Morgan fingerprint density at radius 3 is 2.69 bits per heavy atom. The molecule has 0 unspecified atom stereocenters. The van der Waals surface area contributed by atoms with Crippen LogP contribution in [0.3, 0.4) is 0 Å². The third kappa shape index (κ3) is 9.00. The number of carbonyl (C=O) groups is 1. The first kappa shape index (κ1) is 15.7. The first-order valence-corrected chi connectivity index (χ1v) is 6.95. The molecule has 0 aromatic rings. The second-order valence-corrected chi connectivity index (χ2v) is 5.44. The summed E-state index contributed by atoms with van der Waals surface area (Å²) in [6.45, 7) is 5.00. The van der Waals surface area contributed by atoms with Gasteiger partial charge in [0.05, 0.1) is 6.04 Å². The summed E-state index contributed by atoms with van der Waals surface area (Å²) in [7, 11) is 0. The third-order valence-corrected chi connectivity index (χ3v) is 3.12. The van der Waals surface area contributed by atoms with Crippen molar-refractivity contribution in [2.75, 3.05) is 24.7 Å². The van der Waals surface area contributed by atoms with Crippen molar-refractivity contribution in [1.82, 2.24) is 5.32 Å². The Morgan fingerprint density at radius 1 is 1.44 bits per heavy atom. The average Bonchev–Trinajstić information content (AvgIpc) is 2.21. The van der Waals surface area contributed by atoms with Crippen LogP contribution in [-0.4, -0.2) is 41.7 Å². The summed E-state index contributed by atoms with van der Waals surface area (Å²) in [5.74, 6) is 2.20. The van der Waals surface area contributed by atoms with E-state index >= 15 is 0 Å². The average molecular weight is 248 g/mol. The molecule has 0 fully saturated rings. The Morgan fingerprint density at radius 2 is 2.12 bits per heavy atom. The van der Waals surface area contributed by atoms with Crippen molar-refractivity contribution in [2.45, 2.75) is 32.7 Å². The highest BCUT2D eigenvalue weighted by Gasteiger charge is 2.13. The number of aliphatic hydroxyl groups is 1. The van der Waals surface area contributed by atoms with Gasteiger partial charge >= 0.3 is 0 Å². The maximum Gasteiger partial charge on any atom is 0.236 e. The molecule has 96 valence electrons. The van der Waals surface area contributed by atoms with Gasteiger partial charge < -0.3 is 16.2 Å². The van der Waals surface area contributed by atoms with Crippen molar-refractivity contribution < 1.29 is 9.90 Å². The molecule has 0 aromatic heterocycles. The van der Waals surface area contributed by atoms with E-state index in [2.05, 4.69) is 19.2 Å². The van der Waals surface area contributed by atoms with Crippen LogP contribution in [0, 0.1) is 5.92 Å². The molecule has 4 N–H and O–H groups in total. The third-order valence-electron chi connectivity index (χ3n) is 2.05. The van der Waals surface area contributed by atoms with Gasteiger partial charge in [-0.2, -0.15) is 11.8 Å². The molecule has 16 heavy (non-hydrogen) atoms. The van der Waals surface area contributed by atoms with Gasteiger partial charge in [0, 0.05) is 18.9 Å². The summed E-state index contributed by atoms with van der Waals surface area (Å²) < 4.78 is 0. The Labute approximate surface area is 102 Å². The summed E-state index contributed by atoms with van der Waals surface area (Å²) in [4.78, 5) is 11.5. The van der Waals surface area contributed by atoms with E-state index in [1.807, 2.05) is 0 Å². The van der Waals surface area contributed by atoms with Crippen molar-refractivity contribution in [2.24, 2.45) is 11.7 Å². The molecule has 0 aliphatic carbocycles. The van der Waals surface area contributed by atoms with Crippen molar-refractivity contribution >= 4 is 17.7 Å². The highest BCUT2D eigenvalue weighted by Crippen LogP contribution is 2.03. The summed E-state index contributed by atoms with van der Waals surface area (Å²) in [6, 6.07) is -0.387. The highest BCUT2D eigenvalue weighted by molar-refractivity contribution is 7.99. The maximum absolute atomic E-state index is 11.5. The molecule has 0 heterocycles. The van der Waals surface area contributed by atoms with Crippen LogP contribution >= 0.6 is 11.8 Å². The SMILES string of the molecule is CC(C)C[C@@H](N)C(=O)NCCSCCCO. The monoisotopic (exact) mass is 248 g/mol. The van der Waals surface area contributed by atoms with Gasteiger partial charge in [0.1, 0.15) is 0 Å². The molecule has 1 amide bonds. The van der Waals surface area contributed by atoms with E-state index in [4.69, 9.17) is 10.8 Å². The lowest BCUT2D eigenvalue weighted by Crippen LogP contribution is -2.42. The van der Waals surface area contributed by atoms with E-state index < -0.39 is 0 Å². The number of rotatable bonds is 9. The Kier molecular flexibility index (Phi) is 9.77. The molecule has 0 bridgehead atoms. The molecule has 0 saturated heterocycles. The molecule has 0 aliphatic heterocycles. The lowest BCUT2D eigenvalue weighted by atomic mass is 10.0. The first-order valence-electron chi connectivity index (χ1n) is 5.79. The standard InChI is InChI=1S/C11H24N2O2S/c1-9(2)8-10(12)11(15)13-4-7-16-6-3-5-14/h9-10,14H,3-8,12H2,1-2H3,(H,13,15)/t10-/m1/s1. The van der Waals surface area contributed by atoms with Gasteiger partial charge in [0.25, 0.3) is 0 Å². The fourth-order valence-electron chi connectivity index (χ4n) is 1.26. The van der Waals surface area contributed by atoms with E-state index in [1.54, 1.807) is 11.8 Å². The molecule has 0 aromatic carbocycles. The first-order chi connectivity index (χ1) is 7.57. The van der Waals surface area contributed by atoms with Gasteiger partial charge in [-0.15, -0.1) is 0 Å². The lowest BCUT2D eigenvalue weighted by molar-refractivity contribution is -0.122. The zero-order valence-corrected chi connectivity index (χ0v) is 11.1. The van der Waals surface area contributed by atoms with Crippen LogP contribution in [0.1, 0.15) is 26.7 Å². The van der Waals surface area contributed by atoms with Gasteiger partial charge in [-0.3, -0.25) is 4.79 Å². The van der Waals surface area contributed by atoms with Crippen molar-refractivity contribution in [3.63, 3.8) is 0 Å². The second kappa shape index (κ2) is 9.93. The molecule has 5 heteroatoms. The van der Waals surface area contributed by atoms with E-state index in [0.717, 1.165) is 24.3 Å². The molecule has 0 saturated carbocycles. The minimum atomic E-state index is -0.387. The van der Waals surface area contributed by atoms with Crippen LogP contribution < -0.4 is 11.1 Å². The van der Waals surface area contributed by atoms with Gasteiger partial charge in [-0.1, -0.05) is 13.8 Å². The number of carbonyl (C=O) groups excluding carboxylic acids is 1. The zero-order valence-electron chi connectivity index (χ0n) is 10.2. The number of nitrogens with two attached hydrogens (primary N) is 1. The van der Waals surface area contributed by atoms with Crippen LogP contribution in [0.25, 0.3) is 0 Å². The van der Waals surface area contributed by atoms with Gasteiger partial charge in [0.2, 0.25) is 5.91 Å². The topological polar surface area (TPSA) is 75.4 Å². The minimum Gasteiger partial charge on any atom is -0.396 e. The molecule has 0 radical (unpaired) electrons. The maximum atomic E-state index is 11.5. The number of aliphatic hydroxyl groups excluding tert-OH is 1. The van der Waals surface area contributed by atoms with Crippen molar-refractivity contribution in [3.05, 3.63) is 0 Å². The van der Waals surface area contributed by atoms with E-state index in [-0.39, 0.29) is 18.6 Å². The quantitative estimate of drug-likeness (QED) is 0.522. The second-order valence-electron chi connectivity index (χ2n) is 4.22. The number of hydrogen-bond acceptors (Lipinski definition) is 4. The van der Waals surface area contributed by atoms with Gasteiger partial charge in [0.15, 0.2) is 0 Å². The lowest BCUT2D eigenvalue weighted by Gasteiger charge is -2.13. The molecule has 0 aliphatic rings. The van der Waals surface area contributed by atoms with Gasteiger partial charge in [-0.05, 0) is 24.5 Å². The number of nitrogens with one attached hydrogen (secondary N) is 1. The Hall–Kier alpha value is -0.260. The van der Waals surface area contributed by atoms with Crippen LogP contribution in [0.15, 0.2) is 0 Å². The van der Waals surface area contributed by atoms with Crippen LogP contribution in [0.5, 0.6) is 0 Å². The Bertz CT molecular complexity index is 189. The fraction of sp³-hybridized carbons (Fsp3) is 0.909. The molecule has 4 nitrogen and oxygen atoms in total. The van der Waals surface area contributed by atoms with Gasteiger partial charge in [-0.25, -0.2) is 0 Å². The number of amides is 1. The number of thioether (sulfide) groups is 1. The smallest absolute Gasteiger partial charge is 0.236 e. The normalized spacial score (nSPS) is 12.8. The number of hydrogen-bond donors (Lipinski definition) is 3. The fourth-order valence-corrected chi connectivity index (χ4v) is 2.04. The van der Waals surface area contributed by atoms with Crippen LogP contribution in [0.4, 0.5) is 0 Å². The van der Waals surface area contributed by atoms with E-state index in [0.29, 0.717) is 12.5 Å². The van der Waals surface area contributed by atoms with Crippen molar-refractivity contribution in [3.8, 4) is 0 Å². The minimum absolute atomic E-state index is 0.0588. The van der Waals surface area contributed by atoms with Crippen LogP contribution in [-0.2, 0) is 4.79 Å². The summed E-state index contributed by atoms with van der Waals surface area (Å²) >= 11 is 1.73. The molecular weight excluding hydrogens is 224 g/mol. The Balaban J connectivity index is 3.42.